The second-order valence-corrected chi connectivity index (χ2v) is 26.2. The quantitative estimate of drug-likeness (QED) is 0.164. The maximum absolute atomic E-state index is 7.13. The van der Waals surface area contributed by atoms with E-state index in [0.717, 1.165) is 50.4 Å². The molecule has 2 aromatic heterocycles. The first kappa shape index (κ1) is 47.0. The third-order valence-corrected chi connectivity index (χ3v) is 18.0. The minimum absolute atomic E-state index is 0.0117. The number of para-hydroxylation sites is 2. The monoisotopic (exact) mass is 1010 g/mol. The number of anilines is 6. The fraction of sp³-hybridized carbons (Fsp3) is 0.205. The summed E-state index contributed by atoms with van der Waals surface area (Å²) < 4.78 is 9.88. The lowest BCUT2D eigenvalue weighted by Crippen LogP contribution is -2.57. The molecular formula is C73H64BN3O. The van der Waals surface area contributed by atoms with Crippen molar-refractivity contribution in [3.8, 4) is 22.3 Å². The highest BCUT2D eigenvalue weighted by molar-refractivity contribution is 6.90. The SMILES string of the molecule is CC(C)(C)c1ccc(N(c2ccc(C(C)(C)C)cc2)c2ccc3c(c2)B2c4c(cc5c(c4N3c3cccc4c3oc3ccccc34)-c3ccccc3C5(C)C)-c3cc(C(C)(C)C)cc4c5c6ccccc6ccc5n2c34)cc1. The predicted molar refractivity (Wildman–Crippen MR) is 333 cm³/mol. The lowest BCUT2D eigenvalue weighted by molar-refractivity contribution is 0.590. The topological polar surface area (TPSA) is 24.6 Å². The molecule has 0 atom stereocenters. The molecule has 0 N–H and O–H groups in total. The van der Waals surface area contributed by atoms with Gasteiger partial charge in [-0.05, 0) is 156 Å². The maximum Gasteiger partial charge on any atom is 0.333 e. The van der Waals surface area contributed by atoms with E-state index < -0.39 is 0 Å². The first-order chi connectivity index (χ1) is 37.4. The Morgan fingerprint density at radius 1 is 0.474 bits per heavy atom. The van der Waals surface area contributed by atoms with Crippen molar-refractivity contribution in [2.45, 2.75) is 97.8 Å². The first-order valence-electron chi connectivity index (χ1n) is 28.0. The molecule has 12 aromatic rings. The lowest BCUT2D eigenvalue weighted by atomic mass is 9.44. The van der Waals surface area contributed by atoms with E-state index >= 15 is 0 Å². The molecule has 5 heteroatoms. The van der Waals surface area contributed by atoms with Gasteiger partial charge < -0.3 is 18.7 Å². The summed E-state index contributed by atoms with van der Waals surface area (Å²) in [7, 11) is 0. The molecule has 0 unspecified atom stereocenters. The van der Waals surface area contributed by atoms with Crippen LogP contribution >= 0.6 is 0 Å². The van der Waals surface area contributed by atoms with Crippen molar-refractivity contribution in [1.29, 1.82) is 0 Å². The molecule has 10 aromatic carbocycles. The molecule has 15 rings (SSSR count). The van der Waals surface area contributed by atoms with Crippen molar-refractivity contribution in [3.05, 3.63) is 216 Å². The average Bonchev–Trinajstić information content (AvgIpc) is 2.46. The van der Waals surface area contributed by atoms with Gasteiger partial charge in [-0.3, -0.25) is 0 Å². The molecule has 2 aliphatic heterocycles. The Labute approximate surface area is 458 Å². The van der Waals surface area contributed by atoms with Crippen LogP contribution in [0.5, 0.6) is 0 Å². The Morgan fingerprint density at radius 3 is 1.81 bits per heavy atom. The highest BCUT2D eigenvalue weighted by Gasteiger charge is 2.49. The number of nitrogens with zero attached hydrogens (tertiary/aromatic N) is 3. The number of aromatic nitrogens is 1. The second-order valence-electron chi connectivity index (χ2n) is 26.2. The molecular weight excluding hydrogens is 946 g/mol. The molecule has 0 saturated carbocycles. The van der Waals surface area contributed by atoms with Crippen LogP contribution in [-0.4, -0.2) is 11.3 Å². The Hall–Kier alpha value is -8.28. The van der Waals surface area contributed by atoms with Gasteiger partial charge in [0.1, 0.15) is 5.58 Å². The summed E-state index contributed by atoms with van der Waals surface area (Å²) in [6.45, 7) is 25.5. The number of benzene rings is 10. The Kier molecular flexibility index (Phi) is 9.59. The summed E-state index contributed by atoms with van der Waals surface area (Å²) in [6, 6.07) is 71.8. The molecule has 78 heavy (non-hydrogen) atoms. The van der Waals surface area contributed by atoms with Gasteiger partial charge in [0.25, 0.3) is 0 Å². The molecule has 380 valence electrons. The van der Waals surface area contributed by atoms with Gasteiger partial charge in [0, 0.05) is 71.9 Å². The molecule has 0 fully saturated rings. The zero-order valence-electron chi connectivity index (χ0n) is 46.7. The summed E-state index contributed by atoms with van der Waals surface area (Å²) in [5.41, 5.74) is 25.1. The molecule has 4 heterocycles. The molecule has 1 aliphatic carbocycles. The van der Waals surface area contributed by atoms with E-state index in [0.29, 0.717) is 0 Å². The van der Waals surface area contributed by atoms with E-state index in [4.69, 9.17) is 4.42 Å². The smallest absolute Gasteiger partial charge is 0.333 e. The number of fused-ring (bicyclic) bond motifs is 16. The van der Waals surface area contributed by atoms with E-state index in [-0.39, 0.29) is 28.5 Å². The van der Waals surface area contributed by atoms with Gasteiger partial charge in [0.05, 0.1) is 11.4 Å². The molecule has 0 bridgehead atoms. The van der Waals surface area contributed by atoms with Gasteiger partial charge in [0.15, 0.2) is 5.58 Å². The minimum Gasteiger partial charge on any atom is -0.454 e. The van der Waals surface area contributed by atoms with Crippen molar-refractivity contribution >= 4 is 106 Å². The zero-order chi connectivity index (χ0) is 53.5. The Bertz CT molecular complexity index is 4470. The van der Waals surface area contributed by atoms with Gasteiger partial charge in [-0.25, -0.2) is 0 Å². The largest absolute Gasteiger partial charge is 0.454 e. The summed E-state index contributed by atoms with van der Waals surface area (Å²) in [6.07, 6.45) is 0. The third kappa shape index (κ3) is 6.54. The van der Waals surface area contributed by atoms with Crippen molar-refractivity contribution in [2.75, 3.05) is 9.80 Å². The Balaban J connectivity index is 1.12. The standard InChI is InChI=1S/C73H64BN3O/c1-70(2,3)44-28-32-47(33-29-44)75(48-34-30-45(31-35-48)71(4,5)6)49-36-38-60-59(41-49)74-66-54(55-39-46(72(7,8)9)40-56-64-50-20-13-12-19-43(50)27-37-61(64)77(74)67(55)56)42-58-65(53-22-14-16-24-57(53)73(58,10)11)68(66)76(60)62-25-18-23-52-51-21-15-17-26-63(51)78-69(52)62/h12-42H,1-11H3. The number of furan rings is 1. The molecule has 0 radical (unpaired) electrons. The molecule has 4 nitrogen and oxygen atoms in total. The van der Waals surface area contributed by atoms with Gasteiger partial charge >= 0.3 is 6.85 Å². The predicted octanol–water partition coefficient (Wildman–Crippen LogP) is 18.9. The van der Waals surface area contributed by atoms with Crippen LogP contribution in [-0.2, 0) is 21.7 Å². The second kappa shape index (κ2) is 15.9. The lowest BCUT2D eigenvalue weighted by Gasteiger charge is -2.43. The van der Waals surface area contributed by atoms with Crippen molar-refractivity contribution < 1.29 is 4.42 Å². The minimum atomic E-state index is -0.277. The fourth-order valence-electron chi connectivity index (χ4n) is 13.9. The third-order valence-electron chi connectivity index (χ3n) is 18.0. The number of rotatable bonds is 4. The van der Waals surface area contributed by atoms with Crippen LogP contribution < -0.4 is 20.7 Å². The van der Waals surface area contributed by atoms with Gasteiger partial charge in [0.2, 0.25) is 0 Å². The highest BCUT2D eigenvalue weighted by Crippen LogP contribution is 2.59. The maximum atomic E-state index is 7.13. The molecule has 0 amide bonds. The van der Waals surface area contributed by atoms with E-state index in [1.54, 1.807) is 0 Å². The number of hydrogen-bond donors (Lipinski definition) is 0. The fourth-order valence-corrected chi connectivity index (χ4v) is 13.9. The van der Waals surface area contributed by atoms with Crippen molar-refractivity contribution in [3.63, 3.8) is 0 Å². The first-order valence-corrected chi connectivity index (χ1v) is 28.0. The van der Waals surface area contributed by atoms with E-state index in [9.17, 15) is 0 Å². The number of hydrogen-bond acceptors (Lipinski definition) is 3. The van der Waals surface area contributed by atoms with Crippen LogP contribution in [0.15, 0.2) is 192 Å². The van der Waals surface area contributed by atoms with Crippen LogP contribution in [0.1, 0.15) is 104 Å². The van der Waals surface area contributed by atoms with E-state index in [1.165, 1.54) is 99.3 Å². The van der Waals surface area contributed by atoms with Crippen molar-refractivity contribution in [1.82, 2.24) is 4.48 Å². The van der Waals surface area contributed by atoms with Crippen LogP contribution in [0.4, 0.5) is 34.1 Å². The van der Waals surface area contributed by atoms with Crippen molar-refractivity contribution in [2.24, 2.45) is 0 Å². The average molecular weight is 1010 g/mol. The Morgan fingerprint density at radius 2 is 1.10 bits per heavy atom. The highest BCUT2D eigenvalue weighted by atomic mass is 16.3. The van der Waals surface area contributed by atoms with Gasteiger partial charge in [-0.1, -0.05) is 185 Å². The summed E-state index contributed by atoms with van der Waals surface area (Å²) in [4.78, 5) is 5.10. The van der Waals surface area contributed by atoms with Gasteiger partial charge in [-0.15, -0.1) is 0 Å². The van der Waals surface area contributed by atoms with E-state index in [2.05, 4.69) is 278 Å². The van der Waals surface area contributed by atoms with Crippen LogP contribution in [0.3, 0.4) is 0 Å². The molecule has 0 spiro atoms. The van der Waals surface area contributed by atoms with E-state index in [1.807, 2.05) is 0 Å². The summed E-state index contributed by atoms with van der Waals surface area (Å²) in [5.74, 6) is 0. The summed E-state index contributed by atoms with van der Waals surface area (Å²) >= 11 is 0. The normalized spacial score (nSPS) is 14.4. The van der Waals surface area contributed by atoms with Gasteiger partial charge in [-0.2, -0.15) is 0 Å². The summed E-state index contributed by atoms with van der Waals surface area (Å²) in [5, 5.41) is 7.39. The zero-order valence-corrected chi connectivity index (χ0v) is 46.7. The van der Waals surface area contributed by atoms with Crippen LogP contribution in [0.25, 0.3) is 76.8 Å². The van der Waals surface area contributed by atoms with Crippen LogP contribution in [0, 0.1) is 0 Å². The molecule has 0 saturated heterocycles. The van der Waals surface area contributed by atoms with Crippen LogP contribution in [0.2, 0.25) is 0 Å². The molecule has 3 aliphatic rings.